The van der Waals surface area contributed by atoms with E-state index in [4.69, 9.17) is 57.8 Å². The molecule has 68 heavy (non-hydrogen) atoms. The normalized spacial score (nSPS) is 11.6. The van der Waals surface area contributed by atoms with Crippen LogP contribution in [-0.4, -0.2) is 99.7 Å². The Morgan fingerprint density at radius 2 is 0.618 bits per heavy atom. The van der Waals surface area contributed by atoms with Gasteiger partial charge in [-0.2, -0.15) is 0 Å². The predicted molar refractivity (Wildman–Crippen MR) is 267 cm³/mol. The lowest BCUT2D eigenvalue weighted by molar-refractivity contribution is 0.178. The fourth-order valence-corrected chi connectivity index (χ4v) is 9.11. The Kier molecular flexibility index (Phi) is 14.2. The molecule has 0 saturated heterocycles. The Bertz CT molecular complexity index is 2950. The zero-order valence-corrected chi connectivity index (χ0v) is 41.1. The molecule has 0 amide bonds. The van der Waals surface area contributed by atoms with Crippen LogP contribution in [0.2, 0.25) is 0 Å². The highest BCUT2D eigenvalue weighted by Gasteiger charge is 2.22. The minimum atomic E-state index is 0.509. The van der Waals surface area contributed by atoms with Gasteiger partial charge in [-0.15, -0.1) is 0 Å². The van der Waals surface area contributed by atoms with Gasteiger partial charge < -0.3 is 37.9 Å². The minimum absolute atomic E-state index is 0.509. The molecule has 0 N–H and O–H groups in total. The van der Waals surface area contributed by atoms with Gasteiger partial charge in [0.05, 0.1) is 102 Å². The third-order valence-electron chi connectivity index (χ3n) is 12.8. The standard InChI is InChI=1S/C54H60N6O8/c1-31-23-43-39(49(63-7)33(31)3)17-13-35(55-43)27-59(28-36-14-18-40-44(56-36)24-32(2)34(4)50(40)64-8)21-22-60(29-37-15-19-41-45(57-37)25-47(61-5)53(67-11)51(41)65-9)30-38-16-20-42-46(58-38)26-48(62-6)54(68-12)52(42)66-10/h13-20,23-26H,21-22,27-30H2,1-12H3. The van der Waals surface area contributed by atoms with E-state index in [9.17, 15) is 0 Å². The molecular formula is C54H60N6O8. The van der Waals surface area contributed by atoms with E-state index >= 15 is 0 Å². The molecule has 0 radical (unpaired) electrons. The van der Waals surface area contributed by atoms with Crippen LogP contribution >= 0.6 is 0 Å². The first kappa shape index (κ1) is 47.3. The van der Waals surface area contributed by atoms with Crippen molar-refractivity contribution in [1.29, 1.82) is 0 Å². The second-order valence-electron chi connectivity index (χ2n) is 16.9. The lowest BCUT2D eigenvalue weighted by Gasteiger charge is -2.28. The van der Waals surface area contributed by atoms with Gasteiger partial charge in [-0.1, -0.05) is 0 Å². The van der Waals surface area contributed by atoms with Crippen molar-refractivity contribution in [1.82, 2.24) is 29.7 Å². The van der Waals surface area contributed by atoms with E-state index in [1.165, 1.54) is 0 Å². The number of hydrogen-bond donors (Lipinski definition) is 0. The van der Waals surface area contributed by atoms with Crippen molar-refractivity contribution in [2.24, 2.45) is 0 Å². The Labute approximate surface area is 397 Å². The molecular weight excluding hydrogens is 861 g/mol. The summed E-state index contributed by atoms with van der Waals surface area (Å²) in [5, 5.41) is 3.61. The molecule has 0 aliphatic rings. The van der Waals surface area contributed by atoms with Crippen LogP contribution in [0.1, 0.15) is 45.0 Å². The maximum Gasteiger partial charge on any atom is 0.204 e. The number of hydrogen-bond acceptors (Lipinski definition) is 14. The third-order valence-corrected chi connectivity index (χ3v) is 12.8. The van der Waals surface area contributed by atoms with E-state index in [-0.39, 0.29) is 0 Å². The van der Waals surface area contributed by atoms with Crippen molar-refractivity contribution in [3.05, 3.63) is 118 Å². The molecule has 14 nitrogen and oxygen atoms in total. The molecule has 14 heteroatoms. The van der Waals surface area contributed by atoms with Crippen molar-refractivity contribution in [2.45, 2.75) is 53.9 Å². The zero-order valence-electron chi connectivity index (χ0n) is 41.1. The zero-order chi connectivity index (χ0) is 48.2. The maximum atomic E-state index is 5.86. The molecule has 0 unspecified atom stereocenters. The highest BCUT2D eigenvalue weighted by Crippen LogP contribution is 2.44. The molecule has 4 aromatic heterocycles. The molecule has 0 spiro atoms. The summed E-state index contributed by atoms with van der Waals surface area (Å²) in [5.74, 6) is 4.93. The van der Waals surface area contributed by atoms with E-state index in [0.717, 1.165) is 100 Å². The van der Waals surface area contributed by atoms with Crippen molar-refractivity contribution in [3.63, 3.8) is 0 Å². The summed E-state index contributed by atoms with van der Waals surface area (Å²) >= 11 is 0. The Morgan fingerprint density at radius 1 is 0.338 bits per heavy atom. The van der Waals surface area contributed by atoms with Gasteiger partial charge in [0, 0.05) is 72.9 Å². The molecule has 8 aromatic rings. The summed E-state index contributed by atoms with van der Waals surface area (Å²) in [4.78, 5) is 25.5. The predicted octanol–water partition coefficient (Wildman–Crippen LogP) is 9.89. The van der Waals surface area contributed by atoms with Crippen LogP contribution in [0.5, 0.6) is 46.0 Å². The van der Waals surface area contributed by atoms with Gasteiger partial charge in [0.2, 0.25) is 11.5 Å². The Morgan fingerprint density at radius 3 is 0.897 bits per heavy atom. The number of fused-ring (bicyclic) bond motifs is 4. The molecule has 0 atom stereocenters. The SMILES string of the molecule is COc1cc2nc(CN(CCN(Cc3ccc4c(OC)c(C)c(C)cc4n3)Cc3ccc4c(OC)c(C)c(C)cc4n3)Cc3ccc4c(OC)c(OC)c(OC)cc4n3)ccc2c(OC)c1OC. The quantitative estimate of drug-likeness (QED) is 0.0762. The second kappa shape index (κ2) is 20.4. The summed E-state index contributed by atoms with van der Waals surface area (Å²) in [5.41, 5.74) is 11.3. The summed E-state index contributed by atoms with van der Waals surface area (Å²) in [6.45, 7) is 11.8. The van der Waals surface area contributed by atoms with Crippen LogP contribution in [0.25, 0.3) is 43.6 Å². The number of benzene rings is 4. The van der Waals surface area contributed by atoms with Crippen LogP contribution in [0, 0.1) is 27.7 Å². The molecule has 4 heterocycles. The Balaban J connectivity index is 1.18. The molecule has 0 saturated carbocycles. The minimum Gasteiger partial charge on any atom is -0.496 e. The van der Waals surface area contributed by atoms with E-state index in [0.29, 0.717) is 73.8 Å². The second-order valence-corrected chi connectivity index (χ2v) is 16.9. The fraction of sp³-hybridized carbons (Fsp3) is 0.333. The number of pyridine rings is 4. The lowest BCUT2D eigenvalue weighted by atomic mass is 10.0. The van der Waals surface area contributed by atoms with Gasteiger partial charge in [-0.05, 0) is 111 Å². The van der Waals surface area contributed by atoms with Gasteiger partial charge in [-0.3, -0.25) is 29.7 Å². The number of nitrogens with zero attached hydrogens (tertiary/aromatic N) is 6. The van der Waals surface area contributed by atoms with Gasteiger partial charge in [0.15, 0.2) is 23.0 Å². The number of ether oxygens (including phenoxy) is 8. The van der Waals surface area contributed by atoms with Crippen LogP contribution in [-0.2, 0) is 26.2 Å². The van der Waals surface area contributed by atoms with Crippen molar-refractivity contribution >= 4 is 43.6 Å². The average Bonchev–Trinajstić information content (AvgIpc) is 3.34. The van der Waals surface area contributed by atoms with Gasteiger partial charge >= 0.3 is 0 Å². The van der Waals surface area contributed by atoms with Crippen LogP contribution in [0.3, 0.4) is 0 Å². The monoisotopic (exact) mass is 920 g/mol. The smallest absolute Gasteiger partial charge is 0.204 e. The van der Waals surface area contributed by atoms with Gasteiger partial charge in [0.1, 0.15) is 11.5 Å². The summed E-state index contributed by atoms with van der Waals surface area (Å²) in [7, 11) is 13.1. The molecule has 0 aliphatic heterocycles. The average molecular weight is 921 g/mol. The van der Waals surface area contributed by atoms with Crippen LogP contribution in [0.4, 0.5) is 0 Å². The summed E-state index contributed by atoms with van der Waals surface area (Å²) in [6.07, 6.45) is 0. The first-order valence-electron chi connectivity index (χ1n) is 22.5. The van der Waals surface area contributed by atoms with Crippen LogP contribution < -0.4 is 37.9 Å². The van der Waals surface area contributed by atoms with E-state index in [1.807, 2.05) is 36.4 Å². The summed E-state index contributed by atoms with van der Waals surface area (Å²) in [6, 6.07) is 24.6. The fourth-order valence-electron chi connectivity index (χ4n) is 9.11. The number of aromatic nitrogens is 4. The molecule has 354 valence electrons. The molecule has 0 fully saturated rings. The van der Waals surface area contributed by atoms with Crippen molar-refractivity contribution < 1.29 is 37.9 Å². The van der Waals surface area contributed by atoms with Crippen LogP contribution in [0.15, 0.2) is 72.8 Å². The molecule has 4 aromatic carbocycles. The van der Waals surface area contributed by atoms with Gasteiger partial charge in [0.25, 0.3) is 0 Å². The van der Waals surface area contributed by atoms with E-state index in [1.54, 1.807) is 56.9 Å². The molecule has 8 rings (SSSR count). The maximum absolute atomic E-state index is 5.86. The number of methoxy groups -OCH3 is 8. The van der Waals surface area contributed by atoms with Crippen molar-refractivity contribution in [2.75, 3.05) is 70.0 Å². The largest absolute Gasteiger partial charge is 0.496 e. The third kappa shape index (κ3) is 9.25. The summed E-state index contributed by atoms with van der Waals surface area (Å²) < 4.78 is 46.1. The number of rotatable bonds is 19. The first-order valence-corrected chi connectivity index (χ1v) is 22.5. The lowest BCUT2D eigenvalue weighted by Crippen LogP contribution is -2.35. The number of aryl methyl sites for hydroxylation is 2. The highest BCUT2D eigenvalue weighted by atomic mass is 16.5. The van der Waals surface area contributed by atoms with Gasteiger partial charge in [-0.25, -0.2) is 0 Å². The Hall–Kier alpha value is -7.16. The van der Waals surface area contributed by atoms with E-state index in [2.05, 4.69) is 73.9 Å². The molecule has 0 aliphatic carbocycles. The van der Waals surface area contributed by atoms with E-state index < -0.39 is 0 Å². The topological polar surface area (TPSA) is 132 Å². The first-order chi connectivity index (χ1) is 32.9. The highest BCUT2D eigenvalue weighted by molar-refractivity contribution is 5.92. The van der Waals surface area contributed by atoms with Crippen molar-refractivity contribution in [3.8, 4) is 46.0 Å². The molecule has 0 bridgehead atoms.